The van der Waals surface area contributed by atoms with Gasteiger partial charge in [0.15, 0.2) is 16.9 Å². The minimum atomic E-state index is -0.355. The van der Waals surface area contributed by atoms with Crippen molar-refractivity contribution >= 4 is 28.4 Å². The van der Waals surface area contributed by atoms with Crippen molar-refractivity contribution in [2.75, 3.05) is 5.32 Å². The average molecular weight is 380 g/mol. The lowest BCUT2D eigenvalue weighted by Crippen LogP contribution is -2.41. The van der Waals surface area contributed by atoms with E-state index in [0.29, 0.717) is 28.4 Å². The molecule has 6 rings (SSSR count). The van der Waals surface area contributed by atoms with Crippen LogP contribution in [0.3, 0.4) is 0 Å². The summed E-state index contributed by atoms with van der Waals surface area (Å²) in [5.74, 6) is -0.355. The minimum Gasteiger partial charge on any atom is -0.423 e. The second-order valence-corrected chi connectivity index (χ2v) is 7.55. The van der Waals surface area contributed by atoms with Gasteiger partial charge in [-0.1, -0.05) is 0 Å². The first-order valence-electron chi connectivity index (χ1n) is 9.43. The predicted octanol–water partition coefficient (Wildman–Crippen LogP) is 3.02. The standard InChI is InChI=1S/C19H17FN6O2/c20-10-1-4-14-15(7-10)28-18(24-14)23-11-8-13(9-11)26-17-16(21-5-6-22-17)25(19(26)27)12-2-3-12/h1,4-7,11-13H,2-3,8-9H2,(H,23,24)/t11-,13-. The molecule has 2 saturated carbocycles. The summed E-state index contributed by atoms with van der Waals surface area (Å²) in [6, 6.07) is 5.09. The molecular formula is C19H17FN6O2. The van der Waals surface area contributed by atoms with Gasteiger partial charge in [0.05, 0.1) is 0 Å². The Bertz CT molecular complexity index is 1260. The number of halogens is 1. The molecule has 0 bridgehead atoms. The van der Waals surface area contributed by atoms with Gasteiger partial charge in [0.25, 0.3) is 6.01 Å². The number of aromatic nitrogens is 5. The number of oxazole rings is 1. The van der Waals surface area contributed by atoms with Gasteiger partial charge in [-0.2, -0.15) is 4.98 Å². The Morgan fingerprint density at radius 3 is 2.50 bits per heavy atom. The summed E-state index contributed by atoms with van der Waals surface area (Å²) in [6.07, 6.45) is 6.81. The van der Waals surface area contributed by atoms with Crippen LogP contribution in [0, 0.1) is 5.82 Å². The van der Waals surface area contributed by atoms with Crippen molar-refractivity contribution in [2.24, 2.45) is 0 Å². The molecule has 0 spiro atoms. The highest BCUT2D eigenvalue weighted by Gasteiger charge is 2.37. The first-order chi connectivity index (χ1) is 13.7. The number of nitrogens with zero attached hydrogens (tertiary/aromatic N) is 5. The highest BCUT2D eigenvalue weighted by atomic mass is 19.1. The highest BCUT2D eigenvalue weighted by molar-refractivity contribution is 5.74. The molecule has 0 radical (unpaired) electrons. The molecular weight excluding hydrogens is 363 g/mol. The monoisotopic (exact) mass is 380 g/mol. The molecule has 8 nitrogen and oxygen atoms in total. The van der Waals surface area contributed by atoms with E-state index in [1.54, 1.807) is 27.6 Å². The van der Waals surface area contributed by atoms with E-state index in [4.69, 9.17) is 4.42 Å². The van der Waals surface area contributed by atoms with E-state index in [9.17, 15) is 9.18 Å². The Labute approximate surface area is 158 Å². The van der Waals surface area contributed by atoms with Crippen LogP contribution in [-0.2, 0) is 0 Å². The van der Waals surface area contributed by atoms with Crippen molar-refractivity contribution in [3.05, 3.63) is 46.9 Å². The van der Waals surface area contributed by atoms with Crippen molar-refractivity contribution in [1.29, 1.82) is 0 Å². The maximum Gasteiger partial charge on any atom is 0.332 e. The number of hydrogen-bond donors (Lipinski definition) is 1. The number of anilines is 1. The molecule has 2 fully saturated rings. The third kappa shape index (κ3) is 2.35. The van der Waals surface area contributed by atoms with Crippen molar-refractivity contribution < 1.29 is 8.81 Å². The van der Waals surface area contributed by atoms with Crippen LogP contribution in [0.5, 0.6) is 0 Å². The number of fused-ring (bicyclic) bond motifs is 2. The number of rotatable bonds is 4. The molecule has 0 unspecified atom stereocenters. The third-order valence-electron chi connectivity index (χ3n) is 5.60. The normalized spacial score (nSPS) is 21.9. The first kappa shape index (κ1) is 15.8. The molecule has 2 aliphatic rings. The van der Waals surface area contributed by atoms with E-state index in [-0.39, 0.29) is 29.6 Å². The first-order valence-corrected chi connectivity index (χ1v) is 9.43. The topological polar surface area (TPSA) is 90.8 Å². The highest BCUT2D eigenvalue weighted by Crippen LogP contribution is 2.39. The predicted molar refractivity (Wildman–Crippen MR) is 99.7 cm³/mol. The molecule has 0 atom stereocenters. The average Bonchev–Trinajstić information content (AvgIpc) is 3.33. The van der Waals surface area contributed by atoms with Gasteiger partial charge in [-0.25, -0.2) is 19.2 Å². The summed E-state index contributed by atoms with van der Waals surface area (Å²) in [4.78, 5) is 26.1. The Kier molecular flexibility index (Phi) is 3.18. The summed E-state index contributed by atoms with van der Waals surface area (Å²) in [6.45, 7) is 0. The van der Waals surface area contributed by atoms with Crippen LogP contribution in [0.1, 0.15) is 37.8 Å². The van der Waals surface area contributed by atoms with Crippen LogP contribution in [0.25, 0.3) is 22.4 Å². The molecule has 0 saturated heterocycles. The molecule has 1 aromatic carbocycles. The lowest BCUT2D eigenvalue weighted by molar-refractivity contribution is 0.276. The van der Waals surface area contributed by atoms with Crippen molar-refractivity contribution in [2.45, 2.75) is 43.8 Å². The van der Waals surface area contributed by atoms with E-state index in [1.807, 2.05) is 0 Å². The molecule has 2 aliphatic carbocycles. The molecule has 3 heterocycles. The molecule has 9 heteroatoms. The molecule has 142 valence electrons. The molecule has 28 heavy (non-hydrogen) atoms. The zero-order valence-corrected chi connectivity index (χ0v) is 14.9. The Hall–Kier alpha value is -3.23. The quantitative estimate of drug-likeness (QED) is 0.585. The van der Waals surface area contributed by atoms with Gasteiger partial charge in [0.2, 0.25) is 0 Å². The van der Waals surface area contributed by atoms with Gasteiger partial charge in [0.1, 0.15) is 11.3 Å². The number of hydrogen-bond acceptors (Lipinski definition) is 6. The van der Waals surface area contributed by atoms with Crippen LogP contribution in [0.4, 0.5) is 10.4 Å². The second kappa shape index (κ2) is 5.63. The number of benzene rings is 1. The zero-order chi connectivity index (χ0) is 18.8. The Balaban J connectivity index is 1.25. The van der Waals surface area contributed by atoms with Crippen LogP contribution in [-0.4, -0.2) is 30.1 Å². The summed E-state index contributed by atoms with van der Waals surface area (Å²) >= 11 is 0. The fraction of sp³-hybridized carbons (Fsp3) is 0.368. The number of nitrogens with one attached hydrogen (secondary N) is 1. The maximum absolute atomic E-state index is 13.3. The summed E-state index contributed by atoms with van der Waals surface area (Å²) < 4.78 is 22.4. The molecule has 1 N–H and O–H groups in total. The molecule has 3 aromatic heterocycles. The minimum absolute atomic E-state index is 0.0236. The van der Waals surface area contributed by atoms with E-state index >= 15 is 0 Å². The van der Waals surface area contributed by atoms with Gasteiger partial charge in [-0.15, -0.1) is 0 Å². The lowest BCUT2D eigenvalue weighted by atomic mass is 9.86. The van der Waals surface area contributed by atoms with Crippen LogP contribution < -0.4 is 11.0 Å². The van der Waals surface area contributed by atoms with Crippen molar-refractivity contribution in [1.82, 2.24) is 24.1 Å². The molecule has 0 aliphatic heterocycles. The van der Waals surface area contributed by atoms with Gasteiger partial charge in [-0.05, 0) is 37.8 Å². The molecule has 0 amide bonds. The van der Waals surface area contributed by atoms with E-state index in [0.717, 1.165) is 25.7 Å². The fourth-order valence-corrected chi connectivity index (χ4v) is 4.00. The Morgan fingerprint density at radius 1 is 1.07 bits per heavy atom. The van der Waals surface area contributed by atoms with E-state index in [1.165, 1.54) is 12.1 Å². The van der Waals surface area contributed by atoms with Crippen LogP contribution >= 0.6 is 0 Å². The number of imidazole rings is 1. The largest absolute Gasteiger partial charge is 0.423 e. The summed E-state index contributed by atoms with van der Waals surface area (Å²) in [5.41, 5.74) is 2.33. The van der Waals surface area contributed by atoms with Gasteiger partial charge >= 0.3 is 5.69 Å². The summed E-state index contributed by atoms with van der Waals surface area (Å²) in [5, 5.41) is 3.24. The third-order valence-corrected chi connectivity index (χ3v) is 5.60. The smallest absolute Gasteiger partial charge is 0.332 e. The van der Waals surface area contributed by atoms with Gasteiger partial charge in [-0.3, -0.25) is 9.13 Å². The second-order valence-electron chi connectivity index (χ2n) is 7.55. The van der Waals surface area contributed by atoms with Crippen molar-refractivity contribution in [3.63, 3.8) is 0 Å². The van der Waals surface area contributed by atoms with Crippen LogP contribution in [0.15, 0.2) is 39.8 Å². The fourth-order valence-electron chi connectivity index (χ4n) is 4.00. The summed E-state index contributed by atoms with van der Waals surface area (Å²) in [7, 11) is 0. The zero-order valence-electron chi connectivity index (χ0n) is 14.9. The molecule has 4 aromatic rings. The Morgan fingerprint density at radius 2 is 1.79 bits per heavy atom. The van der Waals surface area contributed by atoms with E-state index < -0.39 is 0 Å². The van der Waals surface area contributed by atoms with Gasteiger partial charge < -0.3 is 9.73 Å². The van der Waals surface area contributed by atoms with Gasteiger partial charge in [0, 0.05) is 36.6 Å². The van der Waals surface area contributed by atoms with Crippen molar-refractivity contribution in [3.8, 4) is 0 Å². The van der Waals surface area contributed by atoms with Crippen LogP contribution in [0.2, 0.25) is 0 Å². The lowest BCUT2D eigenvalue weighted by Gasteiger charge is -2.35. The maximum atomic E-state index is 13.3. The SMILES string of the molecule is O=c1n(C2CC2)c2nccnc2n1[C@H]1C[C@H](Nc2nc3ccc(F)cc3o2)C1. The van der Waals surface area contributed by atoms with E-state index in [2.05, 4.69) is 20.3 Å².